The monoisotopic (exact) mass is 581 g/mol. The maximum atomic E-state index is 13.2. The van der Waals surface area contributed by atoms with E-state index in [9.17, 15) is 34.2 Å². The van der Waals surface area contributed by atoms with E-state index in [-0.39, 0.29) is 37.3 Å². The van der Waals surface area contributed by atoms with Crippen LogP contribution in [-0.2, 0) is 38.2 Å². The quantitative estimate of drug-likeness (QED) is 0.0895. The number of rotatable bonds is 13. The number of nitrogens with one attached hydrogen (secondary N) is 1. The van der Waals surface area contributed by atoms with E-state index in [1.54, 1.807) is 12.1 Å². The summed E-state index contributed by atoms with van der Waals surface area (Å²) in [7, 11) is 2.41. The number of aromatic hydroxyl groups is 1. The first kappa shape index (κ1) is 30.9. The number of carboxylic acid groups (broad SMARTS) is 2. The van der Waals surface area contributed by atoms with Gasteiger partial charge in [-0.3, -0.25) is 19.2 Å². The Labute approximate surface area is 233 Å². The molecular weight excluding hydrogens is 550 g/mol. The van der Waals surface area contributed by atoms with Crippen LogP contribution >= 0.6 is 11.8 Å². The number of thioether (sulfide) groups is 1. The van der Waals surface area contributed by atoms with Crippen molar-refractivity contribution in [1.82, 2.24) is 10.2 Å². The van der Waals surface area contributed by atoms with E-state index >= 15 is 0 Å². The van der Waals surface area contributed by atoms with E-state index in [0.717, 1.165) is 17.8 Å². The number of nitrogens with zero attached hydrogens (tertiary/aromatic N) is 1. The van der Waals surface area contributed by atoms with E-state index < -0.39 is 58.6 Å². The Hall–Kier alpha value is -3.66. The van der Waals surface area contributed by atoms with Crippen LogP contribution in [0.3, 0.4) is 0 Å². The van der Waals surface area contributed by atoms with Crippen molar-refractivity contribution in [3.8, 4) is 5.75 Å². The predicted molar refractivity (Wildman–Crippen MR) is 139 cm³/mol. The van der Waals surface area contributed by atoms with Gasteiger partial charge in [-0.05, 0) is 36.6 Å². The number of phenols is 1. The molecule has 218 valence electrons. The molecule has 1 aromatic rings. The number of esters is 1. The molecule has 2 fully saturated rings. The number of aliphatic carboxylic acids is 2. The summed E-state index contributed by atoms with van der Waals surface area (Å²) in [5.41, 5.74) is 2.46. The number of benzene rings is 1. The molecule has 40 heavy (non-hydrogen) atoms. The number of methoxy groups -OCH3 is 2. The summed E-state index contributed by atoms with van der Waals surface area (Å²) in [4.78, 5) is 62.7. The van der Waals surface area contributed by atoms with E-state index in [1.807, 2.05) is 0 Å². The van der Waals surface area contributed by atoms with E-state index in [4.69, 9.17) is 25.1 Å². The molecule has 0 saturated carbocycles. The van der Waals surface area contributed by atoms with Crippen LogP contribution in [0.5, 0.6) is 5.75 Å². The molecule has 14 nitrogen and oxygen atoms in total. The molecule has 2 amide bonds. The average molecular weight is 582 g/mol. The van der Waals surface area contributed by atoms with E-state index in [2.05, 4.69) is 5.32 Å². The number of fused-ring (bicyclic) bond motifs is 1. The largest absolute Gasteiger partial charge is 0.508 e. The fourth-order valence-electron chi connectivity index (χ4n) is 4.40. The van der Waals surface area contributed by atoms with Gasteiger partial charge < -0.3 is 45.5 Å². The van der Waals surface area contributed by atoms with Crippen LogP contribution in [0.2, 0.25) is 0 Å². The number of nitrogens with two attached hydrogens (primary N) is 1. The van der Waals surface area contributed by atoms with Gasteiger partial charge in [0, 0.05) is 39.0 Å². The number of amides is 2. The number of carboxylic acids is 2. The zero-order chi connectivity index (χ0) is 29.7. The highest BCUT2D eigenvalue weighted by Crippen LogP contribution is 2.49. The van der Waals surface area contributed by atoms with Gasteiger partial charge >= 0.3 is 17.9 Å². The third kappa shape index (κ3) is 6.22. The minimum absolute atomic E-state index is 0.0498. The predicted octanol–water partition coefficient (Wildman–Crippen LogP) is -0.0517. The summed E-state index contributed by atoms with van der Waals surface area (Å²) >= 11 is 1.01. The maximum Gasteiger partial charge on any atom is 0.333 e. The fourth-order valence-corrected chi connectivity index (χ4v) is 6.05. The molecule has 0 aromatic heterocycles. The zero-order valence-corrected chi connectivity index (χ0v) is 22.6. The van der Waals surface area contributed by atoms with Crippen LogP contribution in [0.1, 0.15) is 24.8 Å². The van der Waals surface area contributed by atoms with Gasteiger partial charge in [-0.25, -0.2) is 4.79 Å². The van der Waals surface area contributed by atoms with Gasteiger partial charge in [0.25, 0.3) is 11.6 Å². The van der Waals surface area contributed by atoms with Crippen molar-refractivity contribution < 1.29 is 53.5 Å². The molecule has 2 saturated heterocycles. The SMILES string of the molecule is COC(OC(=O)C=Cc1ccc(O)cc1)C1(C(=O)O)CS[C@H]2N(C1)C(=O)C2(NC(=O)CCCC(N)C(=O)O)OC. The van der Waals surface area contributed by atoms with Gasteiger partial charge in [0.1, 0.15) is 17.2 Å². The van der Waals surface area contributed by atoms with Crippen molar-refractivity contribution in [2.45, 2.75) is 42.7 Å². The van der Waals surface area contributed by atoms with E-state index in [0.29, 0.717) is 5.56 Å². The molecule has 6 N–H and O–H groups in total. The second kappa shape index (κ2) is 12.7. The number of hydrogen-bond donors (Lipinski definition) is 5. The highest BCUT2D eigenvalue weighted by atomic mass is 32.2. The highest BCUT2D eigenvalue weighted by Gasteiger charge is 2.69. The summed E-state index contributed by atoms with van der Waals surface area (Å²) in [6, 6.07) is 4.86. The lowest BCUT2D eigenvalue weighted by Gasteiger charge is -2.59. The Kier molecular flexibility index (Phi) is 9.78. The lowest BCUT2D eigenvalue weighted by molar-refractivity contribution is -0.223. The number of carbonyl (C=O) groups is 5. The third-order valence-corrected chi connectivity index (χ3v) is 8.25. The molecule has 2 heterocycles. The molecule has 2 aliphatic heterocycles. The molecule has 0 aliphatic carbocycles. The Morgan fingerprint density at radius 1 is 1.23 bits per heavy atom. The first-order chi connectivity index (χ1) is 18.9. The van der Waals surface area contributed by atoms with Crippen molar-refractivity contribution in [1.29, 1.82) is 0 Å². The van der Waals surface area contributed by atoms with Gasteiger partial charge in [-0.15, -0.1) is 11.8 Å². The molecule has 5 atom stereocenters. The summed E-state index contributed by atoms with van der Waals surface area (Å²) < 4.78 is 16.0. The summed E-state index contributed by atoms with van der Waals surface area (Å²) in [6.45, 7) is -0.388. The normalized spacial score (nSPS) is 25.4. The maximum absolute atomic E-state index is 13.2. The van der Waals surface area contributed by atoms with Crippen molar-refractivity contribution >= 4 is 47.6 Å². The Bertz CT molecular complexity index is 1180. The molecule has 3 rings (SSSR count). The molecule has 0 radical (unpaired) electrons. The molecule has 2 aliphatic rings. The van der Waals surface area contributed by atoms with Gasteiger partial charge in [-0.2, -0.15) is 0 Å². The Balaban J connectivity index is 1.68. The van der Waals surface area contributed by atoms with Crippen LogP contribution in [0.25, 0.3) is 6.08 Å². The third-order valence-electron chi connectivity index (χ3n) is 6.66. The minimum atomic E-state index is -1.83. The number of phenolic OH excluding ortho intramolecular Hbond substituents is 1. The molecule has 1 aromatic carbocycles. The second-order valence-corrected chi connectivity index (χ2v) is 10.4. The minimum Gasteiger partial charge on any atom is -0.508 e. The molecule has 15 heteroatoms. The topological polar surface area (TPSA) is 215 Å². The standard InChI is InChI=1S/C25H31N3O11S/c1-37-23(39-18(31)11-8-14-6-9-15(29)10-7-14)24(22(35)36)12-28-20(34)25(38-2,21(28)40-13-24)27-17(30)5-3-4-16(26)19(32)33/h6-11,16,21,23,29H,3-5,12-13,26H2,1-2H3,(H,27,30)(H,32,33)(H,35,36)/t16?,21-,23?,24?,25?/m1/s1. The number of β-lactam (4-membered cyclic amide) rings is 1. The lowest BCUT2D eigenvalue weighted by atomic mass is 9.85. The molecular formula is C25H31N3O11S. The Morgan fingerprint density at radius 2 is 1.90 bits per heavy atom. The van der Waals surface area contributed by atoms with Crippen molar-refractivity contribution in [3.63, 3.8) is 0 Å². The molecule has 0 spiro atoms. The fraction of sp³-hybridized carbons (Fsp3) is 0.480. The number of hydrogen-bond acceptors (Lipinski definition) is 11. The van der Waals surface area contributed by atoms with Gasteiger partial charge in [0.05, 0.1) is 0 Å². The highest BCUT2D eigenvalue weighted by molar-refractivity contribution is 8.00. The van der Waals surface area contributed by atoms with Crippen molar-refractivity contribution in [3.05, 3.63) is 35.9 Å². The summed E-state index contributed by atoms with van der Waals surface area (Å²) in [5.74, 6) is -4.79. The first-order valence-electron chi connectivity index (χ1n) is 12.1. The van der Waals surface area contributed by atoms with E-state index in [1.165, 1.54) is 37.3 Å². The smallest absolute Gasteiger partial charge is 0.333 e. The van der Waals surface area contributed by atoms with Crippen molar-refractivity contribution in [2.24, 2.45) is 11.1 Å². The lowest BCUT2D eigenvalue weighted by Crippen LogP contribution is -2.83. The van der Waals surface area contributed by atoms with Gasteiger partial charge in [-0.1, -0.05) is 12.1 Å². The number of carbonyl (C=O) groups excluding carboxylic acids is 3. The summed E-state index contributed by atoms with van der Waals surface area (Å²) in [6.07, 6.45) is 1.06. The summed E-state index contributed by atoms with van der Waals surface area (Å²) in [5, 5.41) is 30.2. The zero-order valence-electron chi connectivity index (χ0n) is 21.8. The Morgan fingerprint density at radius 3 is 2.48 bits per heavy atom. The van der Waals surface area contributed by atoms with Gasteiger partial charge in [0.2, 0.25) is 12.2 Å². The first-order valence-corrected chi connectivity index (χ1v) is 13.2. The second-order valence-electron chi connectivity index (χ2n) is 9.31. The van der Waals surface area contributed by atoms with Crippen molar-refractivity contribution in [2.75, 3.05) is 26.5 Å². The average Bonchev–Trinajstić information content (AvgIpc) is 2.93. The van der Waals surface area contributed by atoms with Gasteiger partial charge in [0.15, 0.2) is 5.41 Å². The number of ether oxygens (including phenoxy) is 3. The van der Waals surface area contributed by atoms with Crippen LogP contribution in [0, 0.1) is 5.41 Å². The van der Waals surface area contributed by atoms with Crippen LogP contribution < -0.4 is 11.1 Å². The van der Waals surface area contributed by atoms with Crippen LogP contribution in [0.15, 0.2) is 30.3 Å². The molecule has 0 bridgehead atoms. The molecule has 4 unspecified atom stereocenters. The van der Waals surface area contributed by atoms with Crippen LogP contribution in [-0.4, -0.2) is 99.9 Å². The van der Waals surface area contributed by atoms with Crippen LogP contribution in [0.4, 0.5) is 0 Å².